The molecule has 0 atom stereocenters. The van der Waals surface area contributed by atoms with Gasteiger partial charge in [0.25, 0.3) is 5.91 Å². The number of methoxy groups -OCH3 is 1. The topological polar surface area (TPSA) is 84.1 Å². The number of rotatable bonds is 3. The van der Waals surface area contributed by atoms with E-state index in [1.807, 2.05) is 6.92 Å². The fraction of sp³-hybridized carbons (Fsp3) is 0.615. The van der Waals surface area contributed by atoms with E-state index in [2.05, 4.69) is 31.4 Å². The maximum absolute atomic E-state index is 12.3. The van der Waals surface area contributed by atoms with Crippen molar-refractivity contribution >= 4 is 27.8 Å². The highest BCUT2D eigenvalue weighted by molar-refractivity contribution is 9.10. The Balaban J connectivity index is 2.22. The number of hydrogen-bond donors (Lipinski definition) is 2. The van der Waals surface area contributed by atoms with Crippen LogP contribution in [0.3, 0.4) is 0 Å². The average Bonchev–Trinajstić information content (AvgIpc) is 2.79. The summed E-state index contributed by atoms with van der Waals surface area (Å²) in [4.78, 5) is 24.4. The van der Waals surface area contributed by atoms with Crippen molar-refractivity contribution in [3.8, 4) is 0 Å². The summed E-state index contributed by atoms with van der Waals surface area (Å²) in [6, 6.07) is 0. The van der Waals surface area contributed by atoms with Gasteiger partial charge in [0.15, 0.2) is 5.69 Å². The molecule has 20 heavy (non-hydrogen) atoms. The minimum atomic E-state index is -0.920. The molecule has 6 nitrogen and oxygen atoms in total. The predicted octanol–water partition coefficient (Wildman–Crippen LogP) is 2.09. The van der Waals surface area contributed by atoms with Crippen LogP contribution in [0.1, 0.15) is 48.3 Å². The first-order valence-corrected chi connectivity index (χ1v) is 7.41. The van der Waals surface area contributed by atoms with Crippen LogP contribution in [0.2, 0.25) is 0 Å². The highest BCUT2D eigenvalue weighted by Crippen LogP contribution is 2.30. The van der Waals surface area contributed by atoms with Crippen molar-refractivity contribution < 1.29 is 14.3 Å². The van der Waals surface area contributed by atoms with Crippen LogP contribution < -0.4 is 5.32 Å². The normalized spacial score (nSPS) is 17.6. The summed E-state index contributed by atoms with van der Waals surface area (Å²) in [5, 5.41) is 9.53. The second-order valence-electron chi connectivity index (χ2n) is 5.10. The van der Waals surface area contributed by atoms with Crippen molar-refractivity contribution in [1.29, 1.82) is 0 Å². The van der Waals surface area contributed by atoms with Crippen molar-refractivity contribution in [1.82, 2.24) is 15.5 Å². The van der Waals surface area contributed by atoms with Crippen molar-refractivity contribution in [2.24, 2.45) is 0 Å². The molecule has 1 heterocycles. The Bertz CT molecular complexity index is 521. The molecule has 2 rings (SSSR count). The highest BCUT2D eigenvalue weighted by Gasteiger charge is 2.42. The number of hydrogen-bond acceptors (Lipinski definition) is 4. The standard InChI is InChI=1S/C13H18BrN3O3/c1-8-9(14)10(17-16-8)11(18)15-13(12(19)20-2)6-4-3-5-7-13/h3-7H2,1-2H3,(H,15,18)(H,16,17). The van der Waals surface area contributed by atoms with E-state index >= 15 is 0 Å². The average molecular weight is 344 g/mol. The number of nitrogens with zero attached hydrogens (tertiary/aromatic N) is 1. The lowest BCUT2D eigenvalue weighted by molar-refractivity contribution is -0.149. The molecule has 1 aliphatic rings. The van der Waals surface area contributed by atoms with Crippen LogP contribution in [-0.4, -0.2) is 34.7 Å². The Morgan fingerprint density at radius 2 is 2.00 bits per heavy atom. The first kappa shape index (κ1) is 15.0. The summed E-state index contributed by atoms with van der Waals surface area (Å²) in [6.07, 6.45) is 4.07. The van der Waals surface area contributed by atoms with Gasteiger partial charge in [-0.15, -0.1) is 0 Å². The molecule has 0 radical (unpaired) electrons. The molecule has 0 aliphatic heterocycles. The first-order chi connectivity index (χ1) is 9.50. The number of aromatic amines is 1. The Morgan fingerprint density at radius 1 is 1.35 bits per heavy atom. The van der Waals surface area contributed by atoms with E-state index in [1.165, 1.54) is 7.11 Å². The molecular weight excluding hydrogens is 326 g/mol. The van der Waals surface area contributed by atoms with E-state index in [0.717, 1.165) is 25.0 Å². The largest absolute Gasteiger partial charge is 0.467 e. The molecule has 1 aromatic heterocycles. The van der Waals surface area contributed by atoms with Crippen LogP contribution in [0.5, 0.6) is 0 Å². The van der Waals surface area contributed by atoms with Gasteiger partial charge in [-0.3, -0.25) is 9.89 Å². The summed E-state index contributed by atoms with van der Waals surface area (Å²) in [7, 11) is 1.35. The summed E-state index contributed by atoms with van der Waals surface area (Å²) >= 11 is 3.32. The molecule has 0 spiro atoms. The first-order valence-electron chi connectivity index (χ1n) is 6.61. The quantitative estimate of drug-likeness (QED) is 0.823. The van der Waals surface area contributed by atoms with Crippen LogP contribution in [-0.2, 0) is 9.53 Å². The molecular formula is C13H18BrN3O3. The van der Waals surface area contributed by atoms with Crippen LogP contribution in [0.25, 0.3) is 0 Å². The molecule has 1 amide bonds. The van der Waals surface area contributed by atoms with Gasteiger partial charge in [-0.05, 0) is 35.7 Å². The zero-order valence-electron chi connectivity index (χ0n) is 11.6. The van der Waals surface area contributed by atoms with Crippen molar-refractivity contribution in [3.05, 3.63) is 15.9 Å². The number of aromatic nitrogens is 2. The number of nitrogens with one attached hydrogen (secondary N) is 2. The molecule has 1 fully saturated rings. The maximum atomic E-state index is 12.3. The third-order valence-corrected chi connectivity index (χ3v) is 4.69. The third-order valence-electron chi connectivity index (χ3n) is 3.72. The number of esters is 1. The number of aryl methyl sites for hydroxylation is 1. The van der Waals surface area contributed by atoms with Gasteiger partial charge in [0.1, 0.15) is 5.54 Å². The minimum absolute atomic E-state index is 0.261. The number of halogens is 1. The van der Waals surface area contributed by atoms with Gasteiger partial charge in [-0.1, -0.05) is 19.3 Å². The van der Waals surface area contributed by atoms with Gasteiger partial charge < -0.3 is 10.1 Å². The Morgan fingerprint density at radius 3 is 2.50 bits per heavy atom. The fourth-order valence-electron chi connectivity index (χ4n) is 2.57. The van der Waals surface area contributed by atoms with E-state index in [4.69, 9.17) is 4.74 Å². The molecule has 0 unspecified atom stereocenters. The molecule has 1 aliphatic carbocycles. The van der Waals surface area contributed by atoms with Gasteiger partial charge in [-0.25, -0.2) is 4.79 Å². The lowest BCUT2D eigenvalue weighted by Gasteiger charge is -2.34. The second-order valence-corrected chi connectivity index (χ2v) is 5.89. The van der Waals surface area contributed by atoms with Gasteiger partial charge in [-0.2, -0.15) is 5.10 Å². The van der Waals surface area contributed by atoms with E-state index < -0.39 is 5.54 Å². The summed E-state index contributed by atoms with van der Waals surface area (Å²) in [6.45, 7) is 1.81. The maximum Gasteiger partial charge on any atom is 0.331 e. The molecule has 1 saturated carbocycles. The Kier molecular flexibility index (Phi) is 4.47. The van der Waals surface area contributed by atoms with E-state index in [9.17, 15) is 9.59 Å². The number of H-pyrrole nitrogens is 1. The molecule has 0 aromatic carbocycles. The number of carbonyl (C=O) groups is 2. The summed E-state index contributed by atoms with van der Waals surface area (Å²) in [5.41, 5.74) is 0.110. The molecule has 110 valence electrons. The zero-order chi connectivity index (χ0) is 14.8. The number of carbonyl (C=O) groups excluding carboxylic acids is 2. The molecule has 7 heteroatoms. The zero-order valence-corrected chi connectivity index (χ0v) is 13.2. The summed E-state index contributed by atoms with van der Waals surface area (Å²) < 4.78 is 5.49. The predicted molar refractivity (Wildman–Crippen MR) is 76.3 cm³/mol. The molecule has 2 N–H and O–H groups in total. The van der Waals surface area contributed by atoms with Crippen LogP contribution >= 0.6 is 15.9 Å². The van der Waals surface area contributed by atoms with E-state index in [0.29, 0.717) is 17.3 Å². The van der Waals surface area contributed by atoms with Gasteiger partial charge >= 0.3 is 5.97 Å². The van der Waals surface area contributed by atoms with Crippen molar-refractivity contribution in [2.75, 3.05) is 7.11 Å². The summed E-state index contributed by atoms with van der Waals surface area (Å²) in [5.74, 6) is -0.748. The van der Waals surface area contributed by atoms with Crippen LogP contribution in [0.15, 0.2) is 4.47 Å². The monoisotopic (exact) mass is 343 g/mol. The molecule has 0 bridgehead atoms. The fourth-order valence-corrected chi connectivity index (χ4v) is 2.93. The SMILES string of the molecule is COC(=O)C1(NC(=O)c2n[nH]c(C)c2Br)CCCCC1. The van der Waals surface area contributed by atoms with Crippen LogP contribution in [0.4, 0.5) is 0 Å². The minimum Gasteiger partial charge on any atom is -0.467 e. The van der Waals surface area contributed by atoms with E-state index in [-0.39, 0.29) is 17.6 Å². The third kappa shape index (κ3) is 2.72. The van der Waals surface area contributed by atoms with Crippen molar-refractivity contribution in [2.45, 2.75) is 44.6 Å². The van der Waals surface area contributed by atoms with Gasteiger partial charge in [0, 0.05) is 5.69 Å². The molecule has 1 aromatic rings. The van der Waals surface area contributed by atoms with E-state index in [1.54, 1.807) is 0 Å². The number of amides is 1. The molecule has 0 saturated heterocycles. The van der Waals surface area contributed by atoms with Gasteiger partial charge in [0.05, 0.1) is 11.6 Å². The smallest absolute Gasteiger partial charge is 0.331 e. The highest BCUT2D eigenvalue weighted by atomic mass is 79.9. The van der Waals surface area contributed by atoms with Gasteiger partial charge in [0.2, 0.25) is 0 Å². The second kappa shape index (κ2) is 5.95. The van der Waals surface area contributed by atoms with Crippen LogP contribution in [0, 0.1) is 6.92 Å². The lowest BCUT2D eigenvalue weighted by atomic mass is 9.81. The number of ether oxygens (including phenoxy) is 1. The Labute approximate surface area is 125 Å². The van der Waals surface area contributed by atoms with Crippen molar-refractivity contribution in [3.63, 3.8) is 0 Å². The Hall–Kier alpha value is -1.37. The lowest BCUT2D eigenvalue weighted by Crippen LogP contribution is -2.56.